The summed E-state index contributed by atoms with van der Waals surface area (Å²) in [5.41, 5.74) is 4.66. The maximum absolute atomic E-state index is 13.9. The molecule has 12 heteroatoms. The monoisotopic (exact) mass is 650 g/mol. The Labute approximate surface area is 276 Å². The van der Waals surface area contributed by atoms with Gasteiger partial charge in [0.25, 0.3) is 11.8 Å². The third kappa shape index (κ3) is 7.23. The van der Waals surface area contributed by atoms with Crippen LogP contribution in [0.15, 0.2) is 106 Å². The van der Waals surface area contributed by atoms with Crippen LogP contribution in [0.2, 0.25) is 0 Å². The van der Waals surface area contributed by atoms with E-state index in [2.05, 4.69) is 15.5 Å². The number of rotatable bonds is 12. The molecule has 0 radical (unpaired) electrons. The third-order valence-corrected chi connectivity index (χ3v) is 8.55. The van der Waals surface area contributed by atoms with E-state index in [0.717, 1.165) is 39.6 Å². The Balaban J connectivity index is 1.25. The fourth-order valence-corrected chi connectivity index (χ4v) is 6.04. The maximum Gasteiger partial charge on any atom is 0.287 e. The van der Waals surface area contributed by atoms with Gasteiger partial charge in [0.2, 0.25) is 0 Å². The molecular formula is C35H34N6O5S. The normalized spacial score (nSPS) is 14.1. The van der Waals surface area contributed by atoms with Crippen LogP contribution >= 0.6 is 11.8 Å². The highest BCUT2D eigenvalue weighted by molar-refractivity contribution is 7.99. The number of thioether (sulfide) groups is 1. The van der Waals surface area contributed by atoms with Gasteiger partial charge in [-0.2, -0.15) is 5.10 Å². The lowest BCUT2D eigenvalue weighted by Crippen LogP contribution is -2.28. The topological polar surface area (TPSA) is 124 Å². The first kappa shape index (κ1) is 31.6. The third-order valence-electron chi connectivity index (χ3n) is 7.63. The molecule has 0 fully saturated rings. The minimum Gasteiger partial charge on any atom is -0.497 e. The molecule has 1 N–H and O–H groups in total. The Morgan fingerprint density at radius 3 is 2.40 bits per heavy atom. The summed E-state index contributed by atoms with van der Waals surface area (Å²) >= 11 is 1.26. The number of aromatic nitrogens is 3. The Hall–Kier alpha value is -5.36. The summed E-state index contributed by atoms with van der Waals surface area (Å²) in [7, 11) is 1.63. The van der Waals surface area contributed by atoms with E-state index in [1.807, 2.05) is 91.2 Å². The van der Waals surface area contributed by atoms with Crippen LogP contribution < -0.4 is 14.8 Å². The van der Waals surface area contributed by atoms with Gasteiger partial charge in [-0.05, 0) is 85.6 Å². The molecule has 1 atom stereocenters. The van der Waals surface area contributed by atoms with Gasteiger partial charge in [0.05, 0.1) is 44.0 Å². The molecule has 1 aliphatic heterocycles. The lowest BCUT2D eigenvalue weighted by molar-refractivity contribution is -0.130. The van der Waals surface area contributed by atoms with Crippen LogP contribution in [0.1, 0.15) is 52.5 Å². The molecule has 0 bridgehead atoms. The molecule has 5 aromatic rings. The fourth-order valence-electron chi connectivity index (χ4n) is 5.22. The van der Waals surface area contributed by atoms with Gasteiger partial charge in [0, 0.05) is 12.1 Å². The predicted octanol–water partition coefficient (Wildman–Crippen LogP) is 5.98. The van der Waals surface area contributed by atoms with Crippen molar-refractivity contribution < 1.29 is 23.5 Å². The zero-order valence-electron chi connectivity index (χ0n) is 26.3. The number of carbonyl (C=O) groups excluding carboxylic acids is 2. The molecule has 0 unspecified atom stereocenters. The summed E-state index contributed by atoms with van der Waals surface area (Å²) in [6.45, 7) is 4.59. The minimum atomic E-state index is -0.373. The van der Waals surface area contributed by atoms with E-state index < -0.39 is 0 Å². The van der Waals surface area contributed by atoms with E-state index in [0.29, 0.717) is 24.0 Å². The zero-order valence-corrected chi connectivity index (χ0v) is 27.1. The maximum atomic E-state index is 13.9. The molecule has 240 valence electrons. The second-order valence-corrected chi connectivity index (χ2v) is 11.7. The van der Waals surface area contributed by atoms with Gasteiger partial charge in [-0.3, -0.25) is 14.2 Å². The Bertz CT molecular complexity index is 1850. The van der Waals surface area contributed by atoms with Gasteiger partial charge in [-0.15, -0.1) is 10.2 Å². The predicted molar refractivity (Wildman–Crippen MR) is 178 cm³/mol. The number of hydrogen-bond donors (Lipinski definition) is 1. The summed E-state index contributed by atoms with van der Waals surface area (Å²) in [5.74, 6) is 1.69. The number of nitrogens with zero attached hydrogens (tertiary/aromatic N) is 5. The number of carbonyl (C=O) groups is 2. The van der Waals surface area contributed by atoms with Crippen molar-refractivity contribution in [2.24, 2.45) is 5.10 Å². The minimum absolute atomic E-state index is 0.0651. The van der Waals surface area contributed by atoms with Crippen molar-refractivity contribution >= 4 is 29.3 Å². The molecule has 1 aliphatic rings. The summed E-state index contributed by atoms with van der Waals surface area (Å²) in [4.78, 5) is 26.5. The van der Waals surface area contributed by atoms with E-state index in [4.69, 9.17) is 19.0 Å². The lowest BCUT2D eigenvalue weighted by Gasteiger charge is -2.22. The van der Waals surface area contributed by atoms with Gasteiger partial charge in [-0.25, -0.2) is 5.01 Å². The summed E-state index contributed by atoms with van der Waals surface area (Å²) in [6.07, 6.45) is 2.02. The second kappa shape index (κ2) is 14.4. The molecule has 11 nitrogen and oxygen atoms in total. The first-order valence-corrected chi connectivity index (χ1v) is 16.1. The van der Waals surface area contributed by atoms with Crippen molar-refractivity contribution in [3.8, 4) is 17.2 Å². The number of benzene rings is 3. The number of methoxy groups -OCH3 is 1. The van der Waals surface area contributed by atoms with E-state index in [1.54, 1.807) is 24.3 Å². The average molecular weight is 651 g/mol. The highest BCUT2D eigenvalue weighted by atomic mass is 32.2. The molecule has 0 saturated carbocycles. The van der Waals surface area contributed by atoms with Crippen molar-refractivity contribution in [1.82, 2.24) is 25.1 Å². The SMILES string of the molecule is CCOc1ccc(-n2c(CNC(=O)c3ccco3)nnc2SCC(=O)N2N=C(c3ccc(OC)cc3)C[C@H]2c2ccc(C)cc2)cc1. The molecule has 0 aliphatic carbocycles. The Morgan fingerprint density at radius 1 is 0.979 bits per heavy atom. The average Bonchev–Trinajstić information content (AvgIpc) is 3.88. The first-order chi connectivity index (χ1) is 22.9. The largest absolute Gasteiger partial charge is 0.497 e. The number of hydrogen-bond acceptors (Lipinski definition) is 9. The van der Waals surface area contributed by atoms with Crippen molar-refractivity contribution in [1.29, 1.82) is 0 Å². The zero-order chi connectivity index (χ0) is 32.8. The number of ether oxygens (including phenoxy) is 2. The molecule has 2 amide bonds. The van der Waals surface area contributed by atoms with Crippen LogP contribution in [0.3, 0.4) is 0 Å². The van der Waals surface area contributed by atoms with Crippen molar-refractivity contribution in [3.63, 3.8) is 0 Å². The smallest absolute Gasteiger partial charge is 0.287 e. The summed E-state index contributed by atoms with van der Waals surface area (Å²) in [5, 5.41) is 18.5. The van der Waals surface area contributed by atoms with Crippen LogP contribution in [0.5, 0.6) is 11.5 Å². The number of nitrogens with one attached hydrogen (secondary N) is 1. The highest BCUT2D eigenvalue weighted by Gasteiger charge is 2.33. The molecule has 0 saturated heterocycles. The molecule has 6 rings (SSSR count). The summed E-state index contributed by atoms with van der Waals surface area (Å²) < 4.78 is 18.0. The fraction of sp³-hybridized carbons (Fsp3) is 0.229. The van der Waals surface area contributed by atoms with Crippen LogP contribution in [0.4, 0.5) is 0 Å². The van der Waals surface area contributed by atoms with Crippen molar-refractivity contribution in [2.75, 3.05) is 19.5 Å². The van der Waals surface area contributed by atoms with Gasteiger partial charge in [0.15, 0.2) is 16.7 Å². The van der Waals surface area contributed by atoms with Gasteiger partial charge in [0.1, 0.15) is 11.5 Å². The Morgan fingerprint density at radius 2 is 1.72 bits per heavy atom. The molecule has 0 spiro atoms. The molecule has 47 heavy (non-hydrogen) atoms. The molecule has 2 aromatic heterocycles. The highest BCUT2D eigenvalue weighted by Crippen LogP contribution is 2.34. The van der Waals surface area contributed by atoms with E-state index >= 15 is 0 Å². The van der Waals surface area contributed by atoms with Crippen LogP contribution in [-0.2, 0) is 11.3 Å². The van der Waals surface area contributed by atoms with Gasteiger partial charge < -0.3 is 19.2 Å². The van der Waals surface area contributed by atoms with Crippen molar-refractivity contribution in [2.45, 2.75) is 38.0 Å². The molecule has 3 heterocycles. The van der Waals surface area contributed by atoms with Crippen molar-refractivity contribution in [3.05, 3.63) is 119 Å². The van der Waals surface area contributed by atoms with E-state index in [9.17, 15) is 9.59 Å². The van der Waals surface area contributed by atoms with E-state index in [1.165, 1.54) is 18.0 Å². The van der Waals surface area contributed by atoms with Crippen LogP contribution in [-0.4, -0.2) is 56.8 Å². The molecular weight excluding hydrogens is 616 g/mol. The van der Waals surface area contributed by atoms with Gasteiger partial charge in [-0.1, -0.05) is 41.6 Å². The van der Waals surface area contributed by atoms with Crippen LogP contribution in [0.25, 0.3) is 5.69 Å². The van der Waals surface area contributed by atoms with Gasteiger partial charge >= 0.3 is 0 Å². The number of hydrazone groups is 1. The summed E-state index contributed by atoms with van der Waals surface area (Å²) in [6, 6.07) is 26.3. The number of aryl methyl sites for hydroxylation is 1. The van der Waals surface area contributed by atoms with Crippen LogP contribution in [0, 0.1) is 6.92 Å². The second-order valence-electron chi connectivity index (χ2n) is 10.8. The van der Waals surface area contributed by atoms with E-state index in [-0.39, 0.29) is 35.9 Å². The number of furan rings is 1. The quantitative estimate of drug-likeness (QED) is 0.164. The first-order valence-electron chi connectivity index (χ1n) is 15.2. The Kier molecular flexibility index (Phi) is 9.67. The lowest BCUT2D eigenvalue weighted by atomic mass is 9.97. The number of amides is 2. The standard InChI is InChI=1S/C35H34N6O5S/c1-4-45-28-17-13-26(14-18-28)40-32(21-36-34(43)31-6-5-19-46-31)37-38-35(40)47-22-33(42)41-30(25-9-7-23(2)8-10-25)20-29(39-41)24-11-15-27(44-3)16-12-24/h5-19,30H,4,20-22H2,1-3H3,(H,36,43)/t30-/m0/s1. The molecule has 3 aromatic carbocycles.